The molecule has 0 spiro atoms. The van der Waals surface area contributed by atoms with Crippen LogP contribution >= 0.6 is 0 Å². The zero-order valence-corrected chi connectivity index (χ0v) is 12.0. The van der Waals surface area contributed by atoms with Gasteiger partial charge in [0.1, 0.15) is 0 Å². The van der Waals surface area contributed by atoms with Gasteiger partial charge in [-0.1, -0.05) is 13.8 Å². The summed E-state index contributed by atoms with van der Waals surface area (Å²) in [6.07, 6.45) is 2.65. The monoisotopic (exact) mass is 259 g/mol. The molecule has 0 aliphatic rings. The number of aryl methyl sites for hydroxylation is 1. The second-order valence-electron chi connectivity index (χ2n) is 5.00. The molecule has 1 N–H and O–H groups in total. The minimum Gasteiger partial charge on any atom is -0.314 e. The van der Waals surface area contributed by atoms with E-state index in [1.165, 1.54) is 5.56 Å². The van der Waals surface area contributed by atoms with E-state index >= 15 is 0 Å². The summed E-state index contributed by atoms with van der Waals surface area (Å²) in [7, 11) is 0. The van der Waals surface area contributed by atoms with Crippen LogP contribution in [-0.2, 0) is 6.42 Å². The van der Waals surface area contributed by atoms with E-state index in [1.54, 1.807) is 6.20 Å². The van der Waals surface area contributed by atoms with Crippen LogP contribution in [-0.4, -0.2) is 32.6 Å². The highest BCUT2D eigenvalue weighted by atomic mass is 15.3. The molecule has 0 saturated carbocycles. The molecule has 2 heterocycles. The van der Waals surface area contributed by atoms with Crippen LogP contribution < -0.4 is 5.32 Å². The highest BCUT2D eigenvalue weighted by molar-refractivity contribution is 5.31. The molecular weight excluding hydrogens is 238 g/mol. The Morgan fingerprint density at radius 1 is 1.32 bits per heavy atom. The third kappa shape index (κ3) is 3.17. The van der Waals surface area contributed by atoms with E-state index in [-0.39, 0.29) is 0 Å². The number of nitrogens with one attached hydrogen (secondary N) is 1. The summed E-state index contributed by atoms with van der Waals surface area (Å²) in [5.74, 6) is 0.770. The molecule has 2 aromatic rings. The summed E-state index contributed by atoms with van der Waals surface area (Å²) in [5, 5.41) is 16.0. The van der Waals surface area contributed by atoms with Crippen molar-refractivity contribution in [3.05, 3.63) is 35.3 Å². The maximum Gasteiger partial charge on any atom is 0.175 e. The van der Waals surface area contributed by atoms with Gasteiger partial charge < -0.3 is 5.32 Å². The Hall–Kier alpha value is -1.75. The zero-order chi connectivity index (χ0) is 13.8. The van der Waals surface area contributed by atoms with Crippen LogP contribution in [0.3, 0.4) is 0 Å². The summed E-state index contributed by atoms with van der Waals surface area (Å²) in [4.78, 5) is 0. The molecule has 0 atom stereocenters. The summed E-state index contributed by atoms with van der Waals surface area (Å²) in [6, 6.07) is 4.30. The van der Waals surface area contributed by atoms with E-state index in [0.29, 0.717) is 6.04 Å². The SMILES string of the molecule is Cc1nn(-c2cccnn2)c(C)c1CCNC(C)C. The van der Waals surface area contributed by atoms with Crippen LogP contribution in [0.1, 0.15) is 30.8 Å². The number of aromatic nitrogens is 4. The predicted molar refractivity (Wildman–Crippen MR) is 75.5 cm³/mol. The Balaban J connectivity index is 2.20. The lowest BCUT2D eigenvalue weighted by molar-refractivity contribution is 0.589. The molecule has 0 radical (unpaired) electrons. The number of hydrogen-bond acceptors (Lipinski definition) is 4. The third-order valence-corrected chi connectivity index (χ3v) is 3.14. The maximum atomic E-state index is 4.56. The first-order chi connectivity index (χ1) is 9.09. The average Bonchev–Trinajstić information content (AvgIpc) is 2.67. The Labute approximate surface area is 114 Å². The summed E-state index contributed by atoms with van der Waals surface area (Å²) >= 11 is 0. The Bertz CT molecular complexity index is 530. The first kappa shape index (κ1) is 13.7. The minimum absolute atomic E-state index is 0.510. The molecule has 5 nitrogen and oxygen atoms in total. The molecule has 0 fully saturated rings. The van der Waals surface area contributed by atoms with Gasteiger partial charge in [-0.15, -0.1) is 5.10 Å². The van der Waals surface area contributed by atoms with Crippen molar-refractivity contribution in [2.75, 3.05) is 6.54 Å². The van der Waals surface area contributed by atoms with Gasteiger partial charge in [-0.25, -0.2) is 4.68 Å². The van der Waals surface area contributed by atoms with Gasteiger partial charge in [0.05, 0.1) is 5.69 Å². The van der Waals surface area contributed by atoms with E-state index in [9.17, 15) is 0 Å². The Morgan fingerprint density at radius 3 is 2.74 bits per heavy atom. The predicted octanol–water partition coefficient (Wildman–Crippen LogP) is 1.82. The summed E-state index contributed by atoms with van der Waals surface area (Å²) in [5.41, 5.74) is 3.50. The zero-order valence-electron chi connectivity index (χ0n) is 12.0. The Morgan fingerprint density at radius 2 is 2.11 bits per heavy atom. The van der Waals surface area contributed by atoms with Crippen molar-refractivity contribution in [1.29, 1.82) is 0 Å². The molecule has 19 heavy (non-hydrogen) atoms. The smallest absolute Gasteiger partial charge is 0.175 e. The van der Waals surface area contributed by atoms with Crippen molar-refractivity contribution in [3.63, 3.8) is 0 Å². The summed E-state index contributed by atoms with van der Waals surface area (Å²) in [6.45, 7) is 9.40. The summed E-state index contributed by atoms with van der Waals surface area (Å²) < 4.78 is 1.87. The topological polar surface area (TPSA) is 55.6 Å². The molecule has 0 saturated heterocycles. The van der Waals surface area contributed by atoms with Crippen LogP contribution in [0.2, 0.25) is 0 Å². The Kier molecular flexibility index (Phi) is 4.27. The largest absolute Gasteiger partial charge is 0.314 e. The van der Waals surface area contributed by atoms with E-state index < -0.39 is 0 Å². The molecular formula is C14H21N5. The van der Waals surface area contributed by atoms with Gasteiger partial charge >= 0.3 is 0 Å². The number of nitrogens with zero attached hydrogens (tertiary/aromatic N) is 4. The van der Waals surface area contributed by atoms with Crippen molar-refractivity contribution >= 4 is 0 Å². The second kappa shape index (κ2) is 5.93. The molecule has 0 bridgehead atoms. The lowest BCUT2D eigenvalue weighted by Crippen LogP contribution is -2.25. The van der Waals surface area contributed by atoms with E-state index in [4.69, 9.17) is 0 Å². The molecule has 0 aliphatic carbocycles. The average molecular weight is 259 g/mol. The molecule has 0 unspecified atom stereocenters. The van der Waals surface area contributed by atoms with Gasteiger partial charge in [-0.05, 0) is 44.5 Å². The van der Waals surface area contributed by atoms with Gasteiger partial charge in [-0.3, -0.25) is 0 Å². The van der Waals surface area contributed by atoms with Gasteiger partial charge in [0.25, 0.3) is 0 Å². The van der Waals surface area contributed by atoms with Gasteiger partial charge in [-0.2, -0.15) is 10.2 Å². The molecule has 2 aromatic heterocycles. The van der Waals surface area contributed by atoms with Crippen molar-refractivity contribution in [3.8, 4) is 5.82 Å². The van der Waals surface area contributed by atoms with E-state index in [2.05, 4.69) is 41.4 Å². The quantitative estimate of drug-likeness (QED) is 0.890. The van der Waals surface area contributed by atoms with Gasteiger partial charge in [0.2, 0.25) is 0 Å². The first-order valence-electron chi connectivity index (χ1n) is 6.66. The number of hydrogen-bond donors (Lipinski definition) is 1. The highest BCUT2D eigenvalue weighted by Gasteiger charge is 2.13. The van der Waals surface area contributed by atoms with Crippen molar-refractivity contribution < 1.29 is 0 Å². The fraction of sp³-hybridized carbons (Fsp3) is 0.500. The van der Waals surface area contributed by atoms with Crippen molar-refractivity contribution in [1.82, 2.24) is 25.3 Å². The molecule has 102 valence electrons. The first-order valence-corrected chi connectivity index (χ1v) is 6.66. The lowest BCUT2D eigenvalue weighted by Gasteiger charge is -2.08. The van der Waals surface area contributed by atoms with Crippen LogP contribution in [0.15, 0.2) is 18.3 Å². The molecule has 0 amide bonds. The van der Waals surface area contributed by atoms with Crippen LogP contribution in [0.4, 0.5) is 0 Å². The van der Waals surface area contributed by atoms with Crippen molar-refractivity contribution in [2.45, 2.75) is 40.2 Å². The fourth-order valence-corrected chi connectivity index (χ4v) is 2.15. The molecule has 0 aromatic carbocycles. The van der Waals surface area contributed by atoms with Gasteiger partial charge in [0, 0.05) is 17.9 Å². The lowest BCUT2D eigenvalue weighted by atomic mass is 10.1. The van der Waals surface area contributed by atoms with E-state index in [1.807, 2.05) is 23.7 Å². The van der Waals surface area contributed by atoms with Crippen LogP contribution in [0.25, 0.3) is 5.82 Å². The molecule has 0 aliphatic heterocycles. The molecule has 2 rings (SSSR count). The normalized spacial score (nSPS) is 11.2. The minimum atomic E-state index is 0.510. The fourth-order valence-electron chi connectivity index (χ4n) is 2.15. The number of rotatable bonds is 5. The highest BCUT2D eigenvalue weighted by Crippen LogP contribution is 2.16. The van der Waals surface area contributed by atoms with Crippen LogP contribution in [0, 0.1) is 13.8 Å². The second-order valence-corrected chi connectivity index (χ2v) is 5.00. The van der Waals surface area contributed by atoms with E-state index in [0.717, 1.165) is 30.2 Å². The third-order valence-electron chi connectivity index (χ3n) is 3.14. The standard InChI is InChI=1S/C14H21N5/c1-10(2)15-9-7-13-11(3)18-19(12(13)4)14-6-5-8-16-17-14/h5-6,8,10,15H,7,9H2,1-4H3. The van der Waals surface area contributed by atoms with Gasteiger partial charge in [0.15, 0.2) is 5.82 Å². The van der Waals surface area contributed by atoms with Crippen molar-refractivity contribution in [2.24, 2.45) is 0 Å². The van der Waals surface area contributed by atoms with Crippen LogP contribution in [0.5, 0.6) is 0 Å². The molecule has 5 heteroatoms. The maximum absolute atomic E-state index is 4.56.